The summed E-state index contributed by atoms with van der Waals surface area (Å²) in [4.78, 5) is 2.74. The van der Waals surface area contributed by atoms with Crippen molar-refractivity contribution in [3.05, 3.63) is 215 Å². The van der Waals surface area contributed by atoms with Gasteiger partial charge in [0.05, 0.1) is 38.6 Å². The molecule has 7 heteroatoms. The second kappa shape index (κ2) is 12.5. The van der Waals surface area contributed by atoms with Gasteiger partial charge in [-0.15, -0.1) is 11.3 Å². The number of aromatic nitrogens is 3. The fraction of sp³-hybridized carbons (Fsp3) is 0.0746. The number of hydrogen-bond acceptors (Lipinski definition) is 2. The van der Waals surface area contributed by atoms with E-state index in [0.29, 0.717) is 0 Å². The van der Waals surface area contributed by atoms with Crippen molar-refractivity contribution in [3.8, 4) is 22.5 Å². The molecule has 0 radical (unpaired) electrons. The highest BCUT2D eigenvalue weighted by Crippen LogP contribution is 2.57. The van der Waals surface area contributed by atoms with E-state index in [2.05, 4.69) is 227 Å². The van der Waals surface area contributed by atoms with Gasteiger partial charge in [0.25, 0.3) is 6.71 Å². The van der Waals surface area contributed by atoms with Gasteiger partial charge >= 0.3 is 0 Å². The lowest BCUT2D eigenvalue weighted by atomic mass is 9.32. The third kappa shape index (κ3) is 4.05. The fourth-order valence-electron chi connectivity index (χ4n) is 16.5. The van der Waals surface area contributed by atoms with Crippen molar-refractivity contribution >= 4 is 145 Å². The summed E-state index contributed by atoms with van der Waals surface area (Å²) in [5.74, 6) is 0.256. The largest absolute Gasteiger partial charge is 0.326 e. The van der Waals surface area contributed by atoms with Crippen LogP contribution in [-0.4, -0.2) is 33.2 Å². The van der Waals surface area contributed by atoms with Gasteiger partial charge in [0, 0.05) is 76.3 Å². The maximum Gasteiger partial charge on any atom is 0.252 e. The standard InChI is InChI=1S/C67H40B2N4S/c1-67(2)47-19-7-3-17-41(47)57-65(67)72-55-32-36(28-30-40(55)46-33-43-37-15-4-10-22-50(37)70-52-24-12-8-20-48(52)68(57)59(61(43)70)63(46)72)35-27-29-39-45-34-44-38-16-5-11-23-51(38)73-64(44)60-62(45)71(54(39)31-35)53-25-13-9-21-49(53)69(60)58-42-18-6-14-26-56(42)74-66(58)73/h3-34,44,64H,1-2H3. The van der Waals surface area contributed by atoms with E-state index in [1.807, 2.05) is 11.3 Å². The number of para-hydroxylation sites is 4. The second-order valence-electron chi connectivity index (χ2n) is 22.6. The summed E-state index contributed by atoms with van der Waals surface area (Å²) in [6.45, 7) is 5.22. The van der Waals surface area contributed by atoms with E-state index in [4.69, 9.17) is 0 Å². The predicted molar refractivity (Wildman–Crippen MR) is 313 cm³/mol. The molecule has 20 rings (SSSR count). The van der Waals surface area contributed by atoms with Crippen LogP contribution in [0.15, 0.2) is 188 Å². The topological polar surface area (TPSA) is 18.0 Å². The molecule has 9 aromatic carbocycles. The van der Waals surface area contributed by atoms with E-state index >= 15 is 0 Å². The van der Waals surface area contributed by atoms with Gasteiger partial charge in [-0.05, 0) is 115 Å². The van der Waals surface area contributed by atoms with Crippen LogP contribution in [0.3, 0.4) is 0 Å². The Bertz CT molecular complexity index is 5110. The summed E-state index contributed by atoms with van der Waals surface area (Å²) in [7, 11) is 0. The third-order valence-electron chi connectivity index (χ3n) is 19.1. The van der Waals surface area contributed by atoms with Crippen LogP contribution in [0.25, 0.3) is 110 Å². The first-order chi connectivity index (χ1) is 36.5. The predicted octanol–water partition coefficient (Wildman–Crippen LogP) is 11.6. The van der Waals surface area contributed by atoms with Crippen LogP contribution in [0.2, 0.25) is 0 Å². The fourth-order valence-corrected chi connectivity index (χ4v) is 17.8. The highest BCUT2D eigenvalue weighted by molar-refractivity contribution is 7.26. The van der Waals surface area contributed by atoms with E-state index < -0.39 is 0 Å². The molecule has 0 bridgehead atoms. The molecule has 0 spiro atoms. The number of nitrogens with zero attached hydrogens (tertiary/aromatic N) is 4. The number of fused-ring (bicyclic) bond motifs is 27. The minimum Gasteiger partial charge on any atom is -0.326 e. The SMILES string of the molecule is CC1(C)C2=C(B3c4ccccc4-n4c5ccccc5c5cc6c7ccc(-c8ccc9c%10c%11n(c9c8)-c8ccccc8B8C=%11C9C(C=%10)c%10ccccc%10N9c9sc%10ccccc%10c98)cc7n2c6c3c54)c2ccccc21. The molecule has 2 aliphatic carbocycles. The van der Waals surface area contributed by atoms with Crippen LogP contribution in [0, 0.1) is 0 Å². The van der Waals surface area contributed by atoms with Gasteiger partial charge in [0.15, 0.2) is 0 Å². The van der Waals surface area contributed by atoms with Crippen LogP contribution >= 0.6 is 11.3 Å². The highest BCUT2D eigenvalue weighted by atomic mass is 32.1. The molecule has 4 aromatic heterocycles. The van der Waals surface area contributed by atoms with Gasteiger partial charge in [0.2, 0.25) is 6.71 Å². The van der Waals surface area contributed by atoms with E-state index in [-0.39, 0.29) is 30.8 Å². The van der Waals surface area contributed by atoms with Crippen molar-refractivity contribution < 1.29 is 0 Å². The zero-order chi connectivity index (χ0) is 47.8. The van der Waals surface area contributed by atoms with Gasteiger partial charge in [0.1, 0.15) is 0 Å². The van der Waals surface area contributed by atoms with Crippen molar-refractivity contribution in [1.82, 2.24) is 13.7 Å². The Morgan fingerprint density at radius 2 is 1.14 bits per heavy atom. The molecule has 74 heavy (non-hydrogen) atoms. The number of hydrogen-bond donors (Lipinski definition) is 0. The van der Waals surface area contributed by atoms with E-state index in [1.54, 1.807) is 5.47 Å². The number of benzene rings is 9. The summed E-state index contributed by atoms with van der Waals surface area (Å²) in [6, 6.07) is 72.9. The molecule has 0 amide bonds. The Labute approximate surface area is 429 Å². The summed E-state index contributed by atoms with van der Waals surface area (Å²) < 4.78 is 9.36. The minimum atomic E-state index is -0.234. The molecule has 7 aliphatic rings. The summed E-state index contributed by atoms with van der Waals surface area (Å²) in [6.07, 6.45) is 2.65. The lowest BCUT2D eigenvalue weighted by Gasteiger charge is -2.43. The molecule has 13 aromatic rings. The van der Waals surface area contributed by atoms with Gasteiger partial charge in [-0.3, -0.25) is 0 Å². The molecule has 4 nitrogen and oxygen atoms in total. The summed E-state index contributed by atoms with van der Waals surface area (Å²) >= 11 is 1.98. The first-order valence-corrected chi connectivity index (χ1v) is 27.2. The molecule has 2 atom stereocenters. The van der Waals surface area contributed by atoms with E-state index in [1.165, 1.54) is 158 Å². The lowest BCUT2D eigenvalue weighted by molar-refractivity contribution is 0.676. The van der Waals surface area contributed by atoms with Crippen molar-refractivity contribution in [3.63, 3.8) is 0 Å². The Balaban J connectivity index is 0.885. The molecule has 9 heterocycles. The van der Waals surface area contributed by atoms with Crippen molar-refractivity contribution in [2.45, 2.75) is 31.2 Å². The second-order valence-corrected chi connectivity index (χ2v) is 23.6. The normalized spacial score (nSPS) is 18.2. The zero-order valence-corrected chi connectivity index (χ0v) is 41.3. The Kier molecular flexibility index (Phi) is 6.42. The first-order valence-electron chi connectivity index (χ1n) is 26.4. The maximum atomic E-state index is 2.74. The van der Waals surface area contributed by atoms with E-state index in [0.717, 1.165) is 0 Å². The summed E-state index contributed by atoms with van der Waals surface area (Å²) in [5.41, 5.74) is 27.1. The van der Waals surface area contributed by atoms with Crippen LogP contribution in [-0.2, 0) is 5.41 Å². The zero-order valence-electron chi connectivity index (χ0n) is 40.5. The molecular weight excluding hydrogens is 914 g/mol. The monoisotopic (exact) mass is 954 g/mol. The number of allylic oxidation sites excluding steroid dienone is 1. The minimum absolute atomic E-state index is 0.106. The quantitative estimate of drug-likeness (QED) is 0.150. The maximum absolute atomic E-state index is 2.74. The first kappa shape index (κ1) is 38.2. The van der Waals surface area contributed by atoms with Crippen LogP contribution in [0.1, 0.15) is 36.5 Å². The van der Waals surface area contributed by atoms with Crippen molar-refractivity contribution in [1.29, 1.82) is 0 Å². The molecule has 0 saturated carbocycles. The average Bonchev–Trinajstić information content (AvgIpc) is 4.41. The Morgan fingerprint density at radius 1 is 0.500 bits per heavy atom. The molecule has 2 unspecified atom stereocenters. The highest BCUT2D eigenvalue weighted by Gasteiger charge is 2.54. The third-order valence-corrected chi connectivity index (χ3v) is 20.3. The Hall–Kier alpha value is -8.51. The molecule has 0 N–H and O–H groups in total. The molecule has 0 fully saturated rings. The molecule has 0 saturated heterocycles. The Morgan fingerprint density at radius 3 is 1.97 bits per heavy atom. The number of anilines is 2. The molecule has 5 aliphatic heterocycles. The number of thiophene rings is 1. The van der Waals surface area contributed by atoms with Gasteiger partial charge < -0.3 is 18.6 Å². The number of rotatable bonds is 1. The van der Waals surface area contributed by atoms with Crippen LogP contribution < -0.4 is 37.3 Å². The average molecular weight is 955 g/mol. The summed E-state index contributed by atoms with van der Waals surface area (Å²) in [5, 5.41) is 12.2. The lowest BCUT2D eigenvalue weighted by Crippen LogP contribution is -2.63. The van der Waals surface area contributed by atoms with Crippen LogP contribution in [0.4, 0.5) is 10.7 Å². The van der Waals surface area contributed by atoms with Crippen LogP contribution in [0.5, 0.6) is 0 Å². The molecular formula is C67H40B2N4S. The van der Waals surface area contributed by atoms with E-state index in [9.17, 15) is 0 Å². The van der Waals surface area contributed by atoms with Gasteiger partial charge in [-0.25, -0.2) is 0 Å². The van der Waals surface area contributed by atoms with Gasteiger partial charge in [-0.1, -0.05) is 159 Å². The van der Waals surface area contributed by atoms with Crippen molar-refractivity contribution in [2.75, 3.05) is 4.90 Å². The smallest absolute Gasteiger partial charge is 0.252 e. The van der Waals surface area contributed by atoms with Crippen molar-refractivity contribution in [2.24, 2.45) is 0 Å². The van der Waals surface area contributed by atoms with Gasteiger partial charge in [-0.2, -0.15) is 0 Å². The molecule has 340 valence electrons.